The van der Waals surface area contributed by atoms with Crippen LogP contribution < -0.4 is 14.8 Å². The molecule has 2 aliphatic heterocycles. The van der Waals surface area contributed by atoms with Crippen molar-refractivity contribution >= 4 is 17.6 Å². The van der Waals surface area contributed by atoms with Crippen LogP contribution >= 0.6 is 0 Å². The van der Waals surface area contributed by atoms with Gasteiger partial charge in [0.1, 0.15) is 12.3 Å². The van der Waals surface area contributed by atoms with Gasteiger partial charge in [-0.3, -0.25) is 4.79 Å². The summed E-state index contributed by atoms with van der Waals surface area (Å²) in [6.45, 7) is 3.77. The minimum absolute atomic E-state index is 0.0933. The van der Waals surface area contributed by atoms with Gasteiger partial charge in [-0.25, -0.2) is 4.79 Å². The molecule has 3 heterocycles. The zero-order valence-corrected chi connectivity index (χ0v) is 21.6. The van der Waals surface area contributed by atoms with Crippen LogP contribution in [0, 0.1) is 0 Å². The number of nitrogens with zero attached hydrogens (tertiary/aromatic N) is 2. The van der Waals surface area contributed by atoms with Crippen molar-refractivity contribution in [3.63, 3.8) is 0 Å². The first-order valence-corrected chi connectivity index (χ1v) is 13.0. The number of carbonyl (C=O) groups excluding carboxylic acids is 2. The van der Waals surface area contributed by atoms with Gasteiger partial charge < -0.3 is 33.7 Å². The third kappa shape index (κ3) is 6.47. The van der Waals surface area contributed by atoms with E-state index < -0.39 is 0 Å². The zero-order valence-electron chi connectivity index (χ0n) is 21.6. The topological polar surface area (TPSA) is 93.5 Å². The van der Waals surface area contributed by atoms with Crippen molar-refractivity contribution < 1.29 is 28.2 Å². The average molecular weight is 520 g/mol. The summed E-state index contributed by atoms with van der Waals surface area (Å²) in [6.07, 6.45) is 4.21. The molecule has 3 amide bonds. The number of anilines is 1. The van der Waals surface area contributed by atoms with Gasteiger partial charge in [-0.05, 0) is 66.8 Å². The van der Waals surface area contributed by atoms with Crippen molar-refractivity contribution in [3.05, 3.63) is 77.7 Å². The zero-order chi connectivity index (χ0) is 26.3. The number of benzene rings is 2. The molecule has 1 N–H and O–H groups in total. The highest BCUT2D eigenvalue weighted by molar-refractivity contribution is 5.92. The number of hydrogen-bond donors (Lipinski definition) is 1. The van der Waals surface area contributed by atoms with Crippen LogP contribution in [0.2, 0.25) is 0 Å². The Labute approximate surface area is 222 Å². The maximum absolute atomic E-state index is 13.7. The van der Waals surface area contributed by atoms with E-state index in [9.17, 15) is 9.59 Å². The molecule has 0 aliphatic carbocycles. The number of ether oxygens (including phenoxy) is 3. The second-order valence-corrected chi connectivity index (χ2v) is 9.51. The monoisotopic (exact) mass is 519 g/mol. The maximum Gasteiger partial charge on any atom is 0.322 e. The molecule has 9 nitrogen and oxygen atoms in total. The maximum atomic E-state index is 13.7. The third-order valence-electron chi connectivity index (χ3n) is 6.76. The Balaban J connectivity index is 1.32. The van der Waals surface area contributed by atoms with Gasteiger partial charge in [0.2, 0.25) is 12.7 Å². The van der Waals surface area contributed by atoms with Crippen LogP contribution in [0.1, 0.15) is 36.7 Å². The number of amides is 3. The lowest BCUT2D eigenvalue weighted by Gasteiger charge is -2.29. The molecule has 9 heteroatoms. The smallest absolute Gasteiger partial charge is 0.322 e. The molecule has 1 unspecified atom stereocenters. The summed E-state index contributed by atoms with van der Waals surface area (Å²) in [4.78, 5) is 30.3. The number of rotatable bonds is 10. The van der Waals surface area contributed by atoms with E-state index in [1.54, 1.807) is 22.1 Å². The number of fused-ring (bicyclic) bond motifs is 1. The van der Waals surface area contributed by atoms with Gasteiger partial charge in [0.15, 0.2) is 11.5 Å². The van der Waals surface area contributed by atoms with Crippen LogP contribution in [0.4, 0.5) is 10.5 Å². The summed E-state index contributed by atoms with van der Waals surface area (Å²) in [5.41, 5.74) is 2.76. The van der Waals surface area contributed by atoms with Gasteiger partial charge in [0.05, 0.1) is 18.9 Å². The van der Waals surface area contributed by atoms with E-state index in [1.807, 2.05) is 48.5 Å². The average Bonchev–Trinajstić information content (AvgIpc) is 3.71. The van der Waals surface area contributed by atoms with E-state index in [4.69, 9.17) is 18.6 Å². The minimum atomic E-state index is -0.334. The molecule has 5 rings (SSSR count). The summed E-state index contributed by atoms with van der Waals surface area (Å²) in [6, 6.07) is 16.7. The van der Waals surface area contributed by atoms with Gasteiger partial charge in [-0.2, -0.15) is 0 Å². The van der Waals surface area contributed by atoms with Crippen LogP contribution in [0.25, 0.3) is 0 Å². The largest absolute Gasteiger partial charge is 0.467 e. The van der Waals surface area contributed by atoms with E-state index >= 15 is 0 Å². The van der Waals surface area contributed by atoms with Crippen molar-refractivity contribution in [1.29, 1.82) is 0 Å². The first-order chi connectivity index (χ1) is 18.6. The number of urea groups is 1. The van der Waals surface area contributed by atoms with Gasteiger partial charge >= 0.3 is 6.03 Å². The van der Waals surface area contributed by atoms with Gasteiger partial charge in [0, 0.05) is 25.4 Å². The Morgan fingerprint density at radius 3 is 2.53 bits per heavy atom. The van der Waals surface area contributed by atoms with E-state index in [1.165, 1.54) is 5.56 Å². The lowest BCUT2D eigenvalue weighted by molar-refractivity contribution is -0.133. The Bertz CT molecular complexity index is 1220. The first-order valence-electron chi connectivity index (χ1n) is 13.0. The molecule has 1 fully saturated rings. The standard InChI is InChI=1S/C29H33N3O6/c1-2-21-7-10-23(11-8-21)30-29(34)32(18-25-6-4-14-36-25)19-28(33)31(17-24-5-3-13-35-24)16-22-9-12-26-27(15-22)38-20-37-26/h3,5,7-13,15,25H,2,4,6,14,16-20H2,1H3,(H,30,34). The molecule has 0 radical (unpaired) electrons. The van der Waals surface area contributed by atoms with Crippen LogP contribution in [-0.2, 0) is 29.0 Å². The van der Waals surface area contributed by atoms with Crippen molar-refractivity contribution in [2.24, 2.45) is 0 Å². The van der Waals surface area contributed by atoms with Crippen LogP contribution in [-0.4, -0.2) is 54.3 Å². The number of furan rings is 1. The van der Waals surface area contributed by atoms with Crippen molar-refractivity contribution in [1.82, 2.24) is 9.80 Å². The van der Waals surface area contributed by atoms with Crippen molar-refractivity contribution in [2.45, 2.75) is 45.4 Å². The Morgan fingerprint density at radius 2 is 1.79 bits per heavy atom. The second-order valence-electron chi connectivity index (χ2n) is 9.51. The van der Waals surface area contributed by atoms with E-state index in [0.29, 0.717) is 42.6 Å². The molecule has 0 spiro atoms. The fourth-order valence-electron chi connectivity index (χ4n) is 4.63. The highest BCUT2D eigenvalue weighted by atomic mass is 16.7. The fourth-order valence-corrected chi connectivity index (χ4v) is 4.63. The van der Waals surface area contributed by atoms with Crippen molar-refractivity contribution in [3.8, 4) is 11.5 Å². The van der Waals surface area contributed by atoms with Gasteiger partial charge in [-0.1, -0.05) is 25.1 Å². The highest BCUT2D eigenvalue weighted by Crippen LogP contribution is 2.33. The molecule has 0 saturated carbocycles. The molecular weight excluding hydrogens is 486 g/mol. The molecule has 38 heavy (non-hydrogen) atoms. The quantitative estimate of drug-likeness (QED) is 0.413. The Morgan fingerprint density at radius 1 is 0.974 bits per heavy atom. The number of carbonyl (C=O) groups is 2. The lowest BCUT2D eigenvalue weighted by atomic mass is 10.1. The molecule has 2 aliphatic rings. The van der Waals surface area contributed by atoms with Crippen LogP contribution in [0.15, 0.2) is 65.3 Å². The predicted octanol–water partition coefficient (Wildman–Crippen LogP) is 4.81. The molecule has 1 aromatic heterocycles. The van der Waals surface area contributed by atoms with E-state index in [0.717, 1.165) is 24.8 Å². The lowest BCUT2D eigenvalue weighted by Crippen LogP contribution is -2.46. The molecule has 0 bridgehead atoms. The van der Waals surface area contributed by atoms with Crippen molar-refractivity contribution in [2.75, 3.05) is 31.8 Å². The van der Waals surface area contributed by atoms with Crippen LogP contribution in [0.5, 0.6) is 11.5 Å². The number of nitrogens with one attached hydrogen (secondary N) is 1. The van der Waals surface area contributed by atoms with E-state index in [2.05, 4.69) is 12.2 Å². The van der Waals surface area contributed by atoms with Crippen LogP contribution in [0.3, 0.4) is 0 Å². The Kier molecular flexibility index (Phi) is 8.13. The number of hydrogen-bond acceptors (Lipinski definition) is 6. The summed E-state index contributed by atoms with van der Waals surface area (Å²) < 4.78 is 22.2. The molecule has 1 saturated heterocycles. The molecule has 1 atom stereocenters. The molecular formula is C29H33N3O6. The minimum Gasteiger partial charge on any atom is -0.467 e. The number of aryl methyl sites for hydroxylation is 1. The third-order valence-corrected chi connectivity index (χ3v) is 6.76. The normalized spacial score (nSPS) is 15.9. The highest BCUT2D eigenvalue weighted by Gasteiger charge is 2.27. The fraction of sp³-hybridized carbons (Fsp3) is 0.379. The first kappa shape index (κ1) is 25.7. The molecule has 2 aromatic carbocycles. The Hall–Kier alpha value is -3.98. The summed E-state index contributed by atoms with van der Waals surface area (Å²) in [7, 11) is 0. The second kappa shape index (κ2) is 12.0. The summed E-state index contributed by atoms with van der Waals surface area (Å²) in [5.74, 6) is 1.80. The summed E-state index contributed by atoms with van der Waals surface area (Å²) >= 11 is 0. The van der Waals surface area contributed by atoms with E-state index in [-0.39, 0.29) is 37.9 Å². The summed E-state index contributed by atoms with van der Waals surface area (Å²) in [5, 5.41) is 2.95. The molecule has 3 aromatic rings. The van der Waals surface area contributed by atoms with Gasteiger partial charge in [-0.15, -0.1) is 0 Å². The predicted molar refractivity (Wildman–Crippen MR) is 141 cm³/mol. The SMILES string of the molecule is CCc1ccc(NC(=O)N(CC(=O)N(Cc2ccc3c(c2)OCO3)Cc2ccco2)CC2CCCO2)cc1. The van der Waals surface area contributed by atoms with Gasteiger partial charge in [0.25, 0.3) is 0 Å². The molecule has 200 valence electrons.